The molecular formula is C22H22ClN3O. The molecule has 1 amide bonds. The first-order valence-corrected chi connectivity index (χ1v) is 9.30. The SMILES string of the molecule is CC(Nc1cc(C(=O)NCCc2ccc(Cl)cc2)ccn1)c1ccccc1. The van der Waals surface area contributed by atoms with Crippen molar-refractivity contribution < 1.29 is 4.79 Å². The van der Waals surface area contributed by atoms with Crippen molar-refractivity contribution >= 4 is 23.3 Å². The number of hydrogen-bond donors (Lipinski definition) is 2. The number of benzene rings is 2. The molecule has 2 N–H and O–H groups in total. The van der Waals surface area contributed by atoms with Crippen molar-refractivity contribution in [3.63, 3.8) is 0 Å². The van der Waals surface area contributed by atoms with Crippen LogP contribution in [0.4, 0.5) is 5.82 Å². The number of nitrogens with zero attached hydrogens (tertiary/aromatic N) is 1. The van der Waals surface area contributed by atoms with Crippen molar-refractivity contribution in [2.24, 2.45) is 0 Å². The maximum absolute atomic E-state index is 12.4. The molecule has 0 fully saturated rings. The van der Waals surface area contributed by atoms with Gasteiger partial charge < -0.3 is 10.6 Å². The van der Waals surface area contributed by atoms with Crippen LogP contribution in [0.1, 0.15) is 34.5 Å². The molecule has 1 heterocycles. The molecule has 0 saturated carbocycles. The molecular weight excluding hydrogens is 358 g/mol. The Morgan fingerprint density at radius 1 is 1.07 bits per heavy atom. The summed E-state index contributed by atoms with van der Waals surface area (Å²) in [5.74, 6) is 0.568. The lowest BCUT2D eigenvalue weighted by Crippen LogP contribution is -2.25. The highest BCUT2D eigenvalue weighted by Crippen LogP contribution is 2.18. The van der Waals surface area contributed by atoms with Crippen LogP contribution < -0.4 is 10.6 Å². The molecule has 138 valence electrons. The summed E-state index contributed by atoms with van der Waals surface area (Å²) in [5, 5.41) is 7.00. The summed E-state index contributed by atoms with van der Waals surface area (Å²) in [4.78, 5) is 16.7. The Kier molecular flexibility index (Phi) is 6.44. The Balaban J connectivity index is 1.56. The minimum absolute atomic E-state index is 0.0990. The van der Waals surface area contributed by atoms with Crippen molar-refractivity contribution in [2.75, 3.05) is 11.9 Å². The Hall–Kier alpha value is -2.85. The van der Waals surface area contributed by atoms with Crippen molar-refractivity contribution in [1.29, 1.82) is 0 Å². The number of carbonyl (C=O) groups excluding carboxylic acids is 1. The van der Waals surface area contributed by atoms with Gasteiger partial charge in [0.1, 0.15) is 5.82 Å². The van der Waals surface area contributed by atoms with Gasteiger partial charge in [-0.25, -0.2) is 4.98 Å². The van der Waals surface area contributed by atoms with Crippen LogP contribution in [0.2, 0.25) is 5.02 Å². The topological polar surface area (TPSA) is 54.0 Å². The predicted octanol–water partition coefficient (Wildman–Crippen LogP) is 4.88. The summed E-state index contributed by atoms with van der Waals surface area (Å²) in [7, 11) is 0. The van der Waals surface area contributed by atoms with Gasteiger partial charge in [0.15, 0.2) is 0 Å². The van der Waals surface area contributed by atoms with Crippen LogP contribution in [0.15, 0.2) is 72.9 Å². The number of nitrogens with one attached hydrogen (secondary N) is 2. The minimum atomic E-state index is -0.109. The fraction of sp³-hybridized carbons (Fsp3) is 0.182. The summed E-state index contributed by atoms with van der Waals surface area (Å²) in [6.07, 6.45) is 2.40. The molecule has 5 heteroatoms. The van der Waals surface area contributed by atoms with Gasteiger partial charge in [0.25, 0.3) is 5.91 Å². The average Bonchev–Trinajstić information content (AvgIpc) is 2.70. The first-order chi connectivity index (χ1) is 13.1. The number of pyridine rings is 1. The van der Waals surface area contributed by atoms with E-state index in [9.17, 15) is 4.79 Å². The van der Waals surface area contributed by atoms with E-state index in [0.29, 0.717) is 22.9 Å². The molecule has 4 nitrogen and oxygen atoms in total. The molecule has 1 atom stereocenters. The number of carbonyl (C=O) groups is 1. The lowest BCUT2D eigenvalue weighted by molar-refractivity contribution is 0.0954. The molecule has 2 aromatic carbocycles. The number of hydrogen-bond acceptors (Lipinski definition) is 3. The highest BCUT2D eigenvalue weighted by Gasteiger charge is 2.09. The largest absolute Gasteiger partial charge is 0.364 e. The van der Waals surface area contributed by atoms with Gasteiger partial charge in [-0.3, -0.25) is 4.79 Å². The highest BCUT2D eigenvalue weighted by molar-refractivity contribution is 6.30. The smallest absolute Gasteiger partial charge is 0.251 e. The predicted molar refractivity (Wildman–Crippen MR) is 110 cm³/mol. The standard InChI is InChI=1S/C22H22ClN3O/c1-16(18-5-3-2-4-6-18)26-21-15-19(12-14-24-21)22(27)25-13-11-17-7-9-20(23)10-8-17/h2-10,12,14-16H,11,13H2,1H3,(H,24,26)(H,25,27). The Morgan fingerprint density at radius 2 is 1.81 bits per heavy atom. The van der Waals surface area contributed by atoms with Crippen molar-refractivity contribution in [1.82, 2.24) is 10.3 Å². The van der Waals surface area contributed by atoms with E-state index in [1.54, 1.807) is 18.3 Å². The van der Waals surface area contributed by atoms with Gasteiger partial charge in [-0.05, 0) is 48.7 Å². The van der Waals surface area contributed by atoms with Crippen molar-refractivity contribution in [2.45, 2.75) is 19.4 Å². The quantitative estimate of drug-likeness (QED) is 0.615. The molecule has 27 heavy (non-hydrogen) atoms. The highest BCUT2D eigenvalue weighted by atomic mass is 35.5. The van der Waals surface area contributed by atoms with E-state index in [1.165, 1.54) is 0 Å². The Bertz CT molecular complexity index is 882. The Labute approximate surface area is 164 Å². The van der Waals surface area contributed by atoms with Crippen LogP contribution in [-0.2, 0) is 6.42 Å². The van der Waals surface area contributed by atoms with Gasteiger partial charge in [0.05, 0.1) is 0 Å². The van der Waals surface area contributed by atoms with E-state index in [1.807, 2.05) is 42.5 Å². The van der Waals surface area contributed by atoms with Crippen LogP contribution in [0.3, 0.4) is 0 Å². The second-order valence-corrected chi connectivity index (χ2v) is 6.78. The lowest BCUT2D eigenvalue weighted by Gasteiger charge is -2.15. The number of anilines is 1. The monoisotopic (exact) mass is 379 g/mol. The van der Waals surface area contributed by atoms with Crippen LogP contribution in [0.25, 0.3) is 0 Å². The zero-order valence-electron chi connectivity index (χ0n) is 15.2. The third-order valence-electron chi connectivity index (χ3n) is 4.30. The van der Waals surface area contributed by atoms with E-state index in [-0.39, 0.29) is 11.9 Å². The molecule has 0 spiro atoms. The van der Waals surface area contributed by atoms with Crippen LogP contribution in [0, 0.1) is 0 Å². The number of rotatable bonds is 7. The zero-order valence-corrected chi connectivity index (χ0v) is 15.9. The maximum Gasteiger partial charge on any atom is 0.251 e. The molecule has 1 unspecified atom stereocenters. The van der Waals surface area contributed by atoms with E-state index >= 15 is 0 Å². The molecule has 0 aliphatic heterocycles. The summed E-state index contributed by atoms with van der Waals surface area (Å²) in [6, 6.07) is 21.4. The van der Waals surface area contributed by atoms with Crippen molar-refractivity contribution in [3.05, 3.63) is 94.6 Å². The maximum atomic E-state index is 12.4. The summed E-state index contributed by atoms with van der Waals surface area (Å²) < 4.78 is 0. The number of halogens is 1. The number of amides is 1. The van der Waals surface area contributed by atoms with E-state index in [2.05, 4.69) is 34.7 Å². The van der Waals surface area contributed by atoms with Crippen LogP contribution in [-0.4, -0.2) is 17.4 Å². The molecule has 0 saturated heterocycles. The molecule has 3 rings (SSSR count). The summed E-state index contributed by atoms with van der Waals surface area (Å²) >= 11 is 5.88. The fourth-order valence-electron chi connectivity index (χ4n) is 2.77. The second kappa shape index (κ2) is 9.19. The molecule has 0 radical (unpaired) electrons. The first-order valence-electron chi connectivity index (χ1n) is 8.92. The van der Waals surface area contributed by atoms with E-state index in [0.717, 1.165) is 17.5 Å². The van der Waals surface area contributed by atoms with E-state index in [4.69, 9.17) is 11.6 Å². The van der Waals surface area contributed by atoms with Gasteiger partial charge in [0.2, 0.25) is 0 Å². The van der Waals surface area contributed by atoms with E-state index < -0.39 is 0 Å². The molecule has 3 aromatic rings. The van der Waals surface area contributed by atoms with Crippen molar-refractivity contribution in [3.8, 4) is 0 Å². The van der Waals surface area contributed by atoms with Gasteiger partial charge in [-0.15, -0.1) is 0 Å². The van der Waals surface area contributed by atoms with Gasteiger partial charge in [0, 0.05) is 29.4 Å². The van der Waals surface area contributed by atoms with Gasteiger partial charge in [-0.1, -0.05) is 54.1 Å². The minimum Gasteiger partial charge on any atom is -0.364 e. The molecule has 1 aromatic heterocycles. The van der Waals surface area contributed by atoms with Crippen LogP contribution in [0.5, 0.6) is 0 Å². The summed E-state index contributed by atoms with van der Waals surface area (Å²) in [5.41, 5.74) is 2.88. The van der Waals surface area contributed by atoms with Gasteiger partial charge in [-0.2, -0.15) is 0 Å². The number of aromatic nitrogens is 1. The third-order valence-corrected chi connectivity index (χ3v) is 4.55. The van der Waals surface area contributed by atoms with Crippen LogP contribution >= 0.6 is 11.6 Å². The lowest BCUT2D eigenvalue weighted by atomic mass is 10.1. The third kappa shape index (κ3) is 5.56. The average molecular weight is 380 g/mol. The zero-order chi connectivity index (χ0) is 19.1. The Morgan fingerprint density at radius 3 is 2.56 bits per heavy atom. The second-order valence-electron chi connectivity index (χ2n) is 6.34. The van der Waals surface area contributed by atoms with Gasteiger partial charge >= 0.3 is 0 Å². The fourth-order valence-corrected chi connectivity index (χ4v) is 2.90. The summed E-state index contributed by atoms with van der Waals surface area (Å²) in [6.45, 7) is 2.63. The molecule has 0 aliphatic rings. The molecule has 0 bridgehead atoms. The molecule has 0 aliphatic carbocycles. The normalized spacial score (nSPS) is 11.6. The first kappa shape index (κ1) is 18.9.